The van der Waals surface area contributed by atoms with Crippen molar-refractivity contribution < 1.29 is 13.3 Å². The number of aryl methyl sites for hydroxylation is 1. The van der Waals surface area contributed by atoms with Gasteiger partial charge in [0.25, 0.3) is 5.71 Å². The SMILES string of the molecule is Cc1noc2ncnc(N3CCCN(c4ccc(F)c(F)c4)CC3)c12. The van der Waals surface area contributed by atoms with E-state index in [1.54, 1.807) is 6.07 Å². The van der Waals surface area contributed by atoms with Crippen molar-refractivity contribution >= 4 is 22.6 Å². The summed E-state index contributed by atoms with van der Waals surface area (Å²) in [5.74, 6) is -0.849. The van der Waals surface area contributed by atoms with Crippen molar-refractivity contribution in [2.45, 2.75) is 13.3 Å². The molecule has 8 heteroatoms. The van der Waals surface area contributed by atoms with Gasteiger partial charge in [0.15, 0.2) is 11.6 Å². The van der Waals surface area contributed by atoms with Crippen LogP contribution in [0.5, 0.6) is 0 Å². The third kappa shape index (κ3) is 2.88. The molecule has 6 nitrogen and oxygen atoms in total. The fraction of sp³-hybridized carbons (Fsp3) is 0.353. The Balaban J connectivity index is 1.58. The molecule has 0 radical (unpaired) electrons. The van der Waals surface area contributed by atoms with Crippen LogP contribution < -0.4 is 9.80 Å². The monoisotopic (exact) mass is 345 g/mol. The Bertz CT molecular complexity index is 913. The number of hydrogen-bond acceptors (Lipinski definition) is 6. The van der Waals surface area contributed by atoms with Crippen LogP contribution in [0.1, 0.15) is 12.1 Å². The highest BCUT2D eigenvalue weighted by atomic mass is 19.2. The fourth-order valence-electron chi connectivity index (χ4n) is 3.21. The number of hydrogen-bond donors (Lipinski definition) is 0. The quantitative estimate of drug-likeness (QED) is 0.712. The standard InChI is InChI=1S/C17H17F2N5O/c1-11-15-16(20-10-21-17(15)25-22-11)24-6-2-5-23(7-8-24)12-3-4-13(18)14(19)9-12/h3-4,9-10H,2,5-8H2,1H3. The van der Waals surface area contributed by atoms with Gasteiger partial charge in [-0.15, -0.1) is 0 Å². The summed E-state index contributed by atoms with van der Waals surface area (Å²) >= 11 is 0. The maximum atomic E-state index is 13.5. The van der Waals surface area contributed by atoms with Crippen molar-refractivity contribution in [2.24, 2.45) is 0 Å². The lowest BCUT2D eigenvalue weighted by Gasteiger charge is -2.24. The predicted octanol–water partition coefficient (Wildman–Crippen LogP) is 2.92. The lowest BCUT2D eigenvalue weighted by Crippen LogP contribution is -2.31. The number of anilines is 2. The zero-order chi connectivity index (χ0) is 17.4. The van der Waals surface area contributed by atoms with Gasteiger partial charge in [0.2, 0.25) is 0 Å². The number of rotatable bonds is 2. The Morgan fingerprint density at radius 2 is 1.80 bits per heavy atom. The van der Waals surface area contributed by atoms with E-state index in [9.17, 15) is 8.78 Å². The maximum absolute atomic E-state index is 13.5. The van der Waals surface area contributed by atoms with Crippen LogP contribution >= 0.6 is 0 Å². The van der Waals surface area contributed by atoms with Crippen LogP contribution in [0.3, 0.4) is 0 Å². The van der Waals surface area contributed by atoms with E-state index in [0.717, 1.165) is 36.4 Å². The Hall–Kier alpha value is -2.77. The van der Waals surface area contributed by atoms with Crippen molar-refractivity contribution in [2.75, 3.05) is 36.0 Å². The molecule has 0 aliphatic carbocycles. The van der Waals surface area contributed by atoms with Gasteiger partial charge in [0, 0.05) is 37.9 Å². The van der Waals surface area contributed by atoms with Gasteiger partial charge in [-0.25, -0.2) is 13.8 Å². The summed E-state index contributed by atoms with van der Waals surface area (Å²) in [6.07, 6.45) is 2.34. The van der Waals surface area contributed by atoms with Crippen LogP contribution in [0.25, 0.3) is 11.1 Å². The van der Waals surface area contributed by atoms with Crippen molar-refractivity contribution in [3.63, 3.8) is 0 Å². The molecule has 130 valence electrons. The third-order valence-electron chi connectivity index (χ3n) is 4.49. The zero-order valence-corrected chi connectivity index (χ0v) is 13.7. The van der Waals surface area contributed by atoms with E-state index in [2.05, 4.69) is 24.9 Å². The van der Waals surface area contributed by atoms with Gasteiger partial charge < -0.3 is 14.3 Å². The van der Waals surface area contributed by atoms with Gasteiger partial charge >= 0.3 is 0 Å². The summed E-state index contributed by atoms with van der Waals surface area (Å²) in [5.41, 5.74) is 1.92. The molecule has 4 rings (SSSR count). The van der Waals surface area contributed by atoms with Gasteiger partial charge in [0.05, 0.1) is 5.69 Å². The topological polar surface area (TPSA) is 58.3 Å². The minimum Gasteiger partial charge on any atom is -0.370 e. The van der Waals surface area contributed by atoms with E-state index in [1.807, 2.05) is 6.92 Å². The number of fused-ring (bicyclic) bond motifs is 1. The average Bonchev–Trinajstić information content (AvgIpc) is 2.84. The molecule has 0 amide bonds. The maximum Gasteiger partial charge on any atom is 0.263 e. The van der Waals surface area contributed by atoms with E-state index in [-0.39, 0.29) is 0 Å². The van der Waals surface area contributed by atoms with E-state index in [1.165, 1.54) is 18.5 Å². The highest BCUT2D eigenvalue weighted by Gasteiger charge is 2.21. The molecule has 3 heterocycles. The van der Waals surface area contributed by atoms with E-state index < -0.39 is 11.6 Å². The average molecular weight is 345 g/mol. The van der Waals surface area contributed by atoms with Gasteiger partial charge in [0.1, 0.15) is 17.5 Å². The minimum atomic E-state index is -0.827. The van der Waals surface area contributed by atoms with Crippen molar-refractivity contribution in [1.82, 2.24) is 15.1 Å². The highest BCUT2D eigenvalue weighted by Crippen LogP contribution is 2.27. The Kier molecular flexibility index (Phi) is 3.95. The van der Waals surface area contributed by atoms with Crippen LogP contribution in [0, 0.1) is 18.6 Å². The van der Waals surface area contributed by atoms with Crippen LogP contribution in [0.2, 0.25) is 0 Å². The highest BCUT2D eigenvalue weighted by molar-refractivity contribution is 5.87. The van der Waals surface area contributed by atoms with Crippen LogP contribution in [0.15, 0.2) is 29.0 Å². The van der Waals surface area contributed by atoms with E-state index in [0.29, 0.717) is 24.5 Å². The molecular formula is C17H17F2N5O. The number of nitrogens with zero attached hydrogens (tertiary/aromatic N) is 5. The van der Waals surface area contributed by atoms with Crippen molar-refractivity contribution in [3.05, 3.63) is 41.9 Å². The molecule has 3 aromatic rings. The molecule has 25 heavy (non-hydrogen) atoms. The van der Waals surface area contributed by atoms with E-state index in [4.69, 9.17) is 4.52 Å². The summed E-state index contributed by atoms with van der Waals surface area (Å²) < 4.78 is 31.9. The molecular weight excluding hydrogens is 328 g/mol. The summed E-state index contributed by atoms with van der Waals surface area (Å²) in [5, 5.41) is 4.79. The Morgan fingerprint density at radius 1 is 1.00 bits per heavy atom. The van der Waals surface area contributed by atoms with Gasteiger partial charge in [-0.1, -0.05) is 5.16 Å². The number of halogens is 2. The predicted molar refractivity (Wildman–Crippen MR) is 89.7 cm³/mol. The fourth-order valence-corrected chi connectivity index (χ4v) is 3.21. The van der Waals surface area contributed by atoms with Crippen LogP contribution in [0.4, 0.5) is 20.3 Å². The second-order valence-corrected chi connectivity index (χ2v) is 6.07. The number of benzene rings is 1. The second-order valence-electron chi connectivity index (χ2n) is 6.07. The second kappa shape index (κ2) is 6.27. The molecule has 0 N–H and O–H groups in total. The van der Waals surface area contributed by atoms with Crippen molar-refractivity contribution in [1.29, 1.82) is 0 Å². The Labute approximate surface area is 143 Å². The first kappa shape index (κ1) is 15.7. The summed E-state index contributed by atoms with van der Waals surface area (Å²) in [6.45, 7) is 4.82. The Morgan fingerprint density at radius 3 is 2.64 bits per heavy atom. The van der Waals surface area contributed by atoms with Crippen molar-refractivity contribution in [3.8, 4) is 0 Å². The first-order valence-electron chi connectivity index (χ1n) is 8.15. The lowest BCUT2D eigenvalue weighted by atomic mass is 10.2. The molecule has 0 unspecified atom stereocenters. The summed E-state index contributed by atoms with van der Waals surface area (Å²) in [4.78, 5) is 12.7. The molecule has 1 saturated heterocycles. The largest absolute Gasteiger partial charge is 0.370 e. The van der Waals surface area contributed by atoms with Gasteiger partial charge in [-0.2, -0.15) is 4.98 Å². The lowest BCUT2D eigenvalue weighted by molar-refractivity contribution is 0.442. The molecule has 1 aliphatic rings. The first-order chi connectivity index (χ1) is 12.1. The molecule has 0 spiro atoms. The van der Waals surface area contributed by atoms with Gasteiger partial charge in [-0.05, 0) is 25.5 Å². The zero-order valence-electron chi connectivity index (χ0n) is 13.7. The third-order valence-corrected chi connectivity index (χ3v) is 4.49. The number of aromatic nitrogens is 3. The van der Waals surface area contributed by atoms with E-state index >= 15 is 0 Å². The minimum absolute atomic E-state index is 0.476. The smallest absolute Gasteiger partial charge is 0.263 e. The molecule has 2 aromatic heterocycles. The normalized spacial score (nSPS) is 15.6. The first-order valence-corrected chi connectivity index (χ1v) is 8.15. The van der Waals surface area contributed by atoms with Crippen LogP contribution in [-0.4, -0.2) is 41.3 Å². The summed E-state index contributed by atoms with van der Waals surface area (Å²) in [7, 11) is 0. The molecule has 1 fully saturated rings. The summed E-state index contributed by atoms with van der Waals surface area (Å²) in [6, 6.07) is 4.03. The van der Waals surface area contributed by atoms with Crippen LogP contribution in [-0.2, 0) is 0 Å². The molecule has 0 atom stereocenters. The van der Waals surface area contributed by atoms with Gasteiger partial charge in [-0.3, -0.25) is 0 Å². The molecule has 0 saturated carbocycles. The molecule has 1 aromatic carbocycles. The molecule has 0 bridgehead atoms. The molecule has 1 aliphatic heterocycles.